The highest BCUT2D eigenvalue weighted by molar-refractivity contribution is 6.05. The number of H-pyrrole nitrogens is 1. The van der Waals surface area contributed by atoms with E-state index in [1.165, 1.54) is 15.7 Å². The van der Waals surface area contributed by atoms with Gasteiger partial charge in [0.25, 0.3) is 5.69 Å². The minimum atomic E-state index is -0.708. The quantitative estimate of drug-likeness (QED) is 0.0456. The van der Waals surface area contributed by atoms with Crippen molar-refractivity contribution in [1.29, 1.82) is 0 Å². The molecule has 2 aromatic heterocycles. The van der Waals surface area contributed by atoms with E-state index < -0.39 is 12.1 Å². The van der Waals surface area contributed by atoms with Gasteiger partial charge in [-0.15, -0.1) is 0 Å². The van der Waals surface area contributed by atoms with Crippen molar-refractivity contribution in [2.24, 2.45) is 17.8 Å². The number of aromatic nitrogens is 3. The molecule has 15 heteroatoms. The smallest absolute Gasteiger partial charge is 0.415 e. The fourth-order valence-electron chi connectivity index (χ4n) is 7.16. The number of morpholine rings is 1. The van der Waals surface area contributed by atoms with E-state index in [9.17, 15) is 9.59 Å². The first kappa shape index (κ1) is 37.1. The Morgan fingerprint density at radius 2 is 1.79 bits per heavy atom. The molecule has 1 aliphatic heterocycles. The Hall–Kier alpha value is -5.72. The molecular weight excluding hydrogens is 684 g/mol. The molecule has 6 rings (SSSR count). The number of nitrogens with one attached hydrogen (secondary N) is 2. The molecule has 2 aliphatic rings. The fourth-order valence-corrected chi connectivity index (χ4v) is 7.16. The van der Waals surface area contributed by atoms with E-state index in [0.29, 0.717) is 73.1 Å². The van der Waals surface area contributed by atoms with Crippen molar-refractivity contribution in [2.45, 2.75) is 53.6 Å². The first-order chi connectivity index (χ1) is 25.6. The number of hydrogen-bond acceptors (Lipinski definition) is 11. The number of ether oxygens (including phenoxy) is 5. The van der Waals surface area contributed by atoms with Crippen LogP contribution in [0.3, 0.4) is 0 Å². The number of fused-ring (bicyclic) bond motifs is 1. The second-order valence-electron chi connectivity index (χ2n) is 13.5. The molecule has 1 aliphatic carbocycles. The Kier molecular flexibility index (Phi) is 11.4. The molecule has 280 valence electrons. The van der Waals surface area contributed by atoms with Crippen molar-refractivity contribution in [3.63, 3.8) is 0 Å². The Labute approximate surface area is 307 Å². The summed E-state index contributed by atoms with van der Waals surface area (Å²) in [5, 5.41) is 15.2. The van der Waals surface area contributed by atoms with E-state index in [0.717, 1.165) is 24.7 Å². The highest BCUT2D eigenvalue weighted by Crippen LogP contribution is 2.42. The molecule has 1 amide bonds. The summed E-state index contributed by atoms with van der Waals surface area (Å²) in [6, 6.07) is 10.9. The van der Waals surface area contributed by atoms with Crippen molar-refractivity contribution in [3.8, 4) is 28.8 Å². The Morgan fingerprint density at radius 1 is 1.08 bits per heavy atom. The number of esters is 1. The van der Waals surface area contributed by atoms with Gasteiger partial charge in [-0.3, -0.25) is 5.10 Å². The van der Waals surface area contributed by atoms with Gasteiger partial charge in [0.05, 0.1) is 37.8 Å². The number of aromatic amines is 1. The van der Waals surface area contributed by atoms with Crippen LogP contribution in [0.25, 0.3) is 21.9 Å². The van der Waals surface area contributed by atoms with Gasteiger partial charge in [-0.2, -0.15) is 0 Å². The molecule has 2 unspecified atom stereocenters. The molecule has 2 atom stereocenters. The van der Waals surface area contributed by atoms with Crippen LogP contribution in [0.2, 0.25) is 0 Å². The van der Waals surface area contributed by atoms with Gasteiger partial charge in [0.15, 0.2) is 17.7 Å². The van der Waals surface area contributed by atoms with Crippen molar-refractivity contribution >= 4 is 34.8 Å². The summed E-state index contributed by atoms with van der Waals surface area (Å²) in [5.74, 6) is 1.18. The van der Waals surface area contributed by atoms with E-state index in [1.54, 1.807) is 18.2 Å². The summed E-state index contributed by atoms with van der Waals surface area (Å²) < 4.78 is 30.3. The molecule has 3 heterocycles. The Morgan fingerprint density at radius 3 is 2.49 bits per heavy atom. The topological polar surface area (TPSA) is 162 Å². The number of carbonyl (C=O) groups is 2. The van der Waals surface area contributed by atoms with Crippen LogP contribution in [-0.4, -0.2) is 75.8 Å². The largest absolute Gasteiger partial charge is 0.492 e. The highest BCUT2D eigenvalue weighted by atomic mass is 17.1. The van der Waals surface area contributed by atoms with E-state index in [-0.39, 0.29) is 40.7 Å². The monoisotopic (exact) mass is 728 g/mol. The van der Waals surface area contributed by atoms with Crippen LogP contribution in [-0.2, 0) is 14.4 Å². The lowest BCUT2D eigenvalue weighted by atomic mass is 9.75. The van der Waals surface area contributed by atoms with Crippen LogP contribution in [0.5, 0.6) is 17.4 Å². The zero-order valence-corrected chi connectivity index (χ0v) is 30.4. The molecule has 3 N–H and O–H groups in total. The van der Waals surface area contributed by atoms with E-state index >= 15 is 0 Å². The number of aryl methyl sites for hydroxylation is 1. The van der Waals surface area contributed by atoms with Gasteiger partial charge >= 0.3 is 12.1 Å². The molecular formula is C38H44N6O9. The Bertz CT molecular complexity index is 2010. The molecule has 1 saturated heterocycles. The lowest BCUT2D eigenvalue weighted by Gasteiger charge is -2.37. The average molecular weight is 729 g/mol. The number of hydrogen-bond donors (Lipinski definition) is 3. The zero-order valence-electron chi connectivity index (χ0n) is 30.4. The second kappa shape index (κ2) is 16.3. The summed E-state index contributed by atoms with van der Waals surface area (Å²) in [4.78, 5) is 41.4. The van der Waals surface area contributed by atoms with Crippen LogP contribution < -0.4 is 19.5 Å². The average Bonchev–Trinajstić information content (AvgIpc) is 3.69. The number of amides is 1. The lowest BCUT2D eigenvalue weighted by Crippen LogP contribution is -2.42. The van der Waals surface area contributed by atoms with Crippen LogP contribution in [0.4, 0.5) is 21.9 Å². The van der Waals surface area contributed by atoms with Gasteiger partial charge in [0, 0.05) is 18.7 Å². The number of anilines is 2. The van der Waals surface area contributed by atoms with Gasteiger partial charge in [-0.05, 0) is 80.3 Å². The fraction of sp³-hybridized carbons (Fsp3) is 0.421. The molecule has 2 aromatic carbocycles. The standard InChI is InChI=1S/C38H44N6O9/c1-7-49-29-11-9-26(21-28(29)40-27-20-22(2)8-10-30(27)50-16-17-51-47)34-41-35-31(37(45)52-33-24(4)18-23(3)19-25(33)5)32(39-6)36(44(35)42-34)53-38(46)43-12-14-48-15-13-43/h8-11,16-17,20-21,23-25,33,40,47H,7,12-15,18-19H2,1-5H3,(H,41,42)/b17-16+. The van der Waals surface area contributed by atoms with Gasteiger partial charge in [0.1, 0.15) is 29.4 Å². The third-order valence-electron chi connectivity index (χ3n) is 9.46. The summed E-state index contributed by atoms with van der Waals surface area (Å²) in [6.45, 7) is 20.0. The molecule has 4 aromatic rings. The predicted octanol–water partition coefficient (Wildman–Crippen LogP) is 7.73. The molecule has 1 saturated carbocycles. The van der Waals surface area contributed by atoms with E-state index in [2.05, 4.69) is 40.9 Å². The van der Waals surface area contributed by atoms with Gasteiger partial charge in [0.2, 0.25) is 5.88 Å². The van der Waals surface area contributed by atoms with Crippen molar-refractivity contribution in [3.05, 3.63) is 71.5 Å². The maximum Gasteiger partial charge on any atom is 0.415 e. The first-order valence-electron chi connectivity index (χ1n) is 17.7. The molecule has 0 bridgehead atoms. The third-order valence-corrected chi connectivity index (χ3v) is 9.46. The van der Waals surface area contributed by atoms with Crippen molar-refractivity contribution < 1.29 is 43.4 Å². The molecule has 2 fully saturated rings. The summed E-state index contributed by atoms with van der Waals surface area (Å²) in [7, 11) is 0. The minimum absolute atomic E-state index is 0.0842. The number of benzene rings is 2. The van der Waals surface area contributed by atoms with Crippen molar-refractivity contribution in [2.75, 3.05) is 38.2 Å². The van der Waals surface area contributed by atoms with Crippen LogP contribution >= 0.6 is 0 Å². The molecule has 0 spiro atoms. The van der Waals surface area contributed by atoms with Crippen LogP contribution in [0.15, 0.2) is 48.9 Å². The normalized spacial score (nSPS) is 20.2. The predicted molar refractivity (Wildman–Crippen MR) is 195 cm³/mol. The number of nitrogens with zero attached hydrogens (tertiary/aromatic N) is 4. The summed E-state index contributed by atoms with van der Waals surface area (Å²) in [5.41, 5.74) is 2.53. The maximum absolute atomic E-state index is 14.1. The minimum Gasteiger partial charge on any atom is -0.492 e. The number of rotatable bonds is 11. The van der Waals surface area contributed by atoms with Crippen LogP contribution in [0, 0.1) is 31.2 Å². The molecule has 0 radical (unpaired) electrons. The number of carbonyl (C=O) groups excluding carboxylic acids is 2. The van der Waals surface area contributed by atoms with Crippen LogP contribution in [0.1, 0.15) is 56.5 Å². The SMILES string of the molecule is [C-]#[N+]c1c(C(=O)OC2C(C)CC(C)CC2C)c2nc(-c3ccc(OCC)c(Nc4cc(C)ccc4O/C=C/OO)c3)[nH]n2c1OC(=O)N1CCOCC1. The van der Waals surface area contributed by atoms with E-state index in [4.69, 9.17) is 40.5 Å². The highest BCUT2D eigenvalue weighted by Gasteiger charge is 2.38. The van der Waals surface area contributed by atoms with Crippen molar-refractivity contribution in [1.82, 2.24) is 19.5 Å². The molecule has 53 heavy (non-hydrogen) atoms. The molecule has 15 nitrogen and oxygen atoms in total. The lowest BCUT2D eigenvalue weighted by molar-refractivity contribution is -0.187. The van der Waals surface area contributed by atoms with E-state index in [1.807, 2.05) is 32.0 Å². The second-order valence-corrected chi connectivity index (χ2v) is 13.5. The van der Waals surface area contributed by atoms with Gasteiger partial charge in [-0.1, -0.05) is 26.8 Å². The zero-order chi connectivity index (χ0) is 37.6. The van der Waals surface area contributed by atoms with Gasteiger partial charge < -0.3 is 38.8 Å². The maximum atomic E-state index is 14.1. The summed E-state index contributed by atoms with van der Waals surface area (Å²) >= 11 is 0. The summed E-state index contributed by atoms with van der Waals surface area (Å²) in [6.07, 6.45) is 2.97. The van der Waals surface area contributed by atoms with Gasteiger partial charge in [-0.25, -0.2) is 29.2 Å². The third kappa shape index (κ3) is 8.03. The first-order valence-corrected chi connectivity index (χ1v) is 17.7. The Balaban J connectivity index is 1.42.